The fourth-order valence-electron chi connectivity index (χ4n) is 5.72. The molecule has 3 aromatic carbocycles. The van der Waals surface area contributed by atoms with Gasteiger partial charge in [0.05, 0.1) is 25.7 Å². The zero-order chi connectivity index (χ0) is 29.9. The zero-order valence-electron chi connectivity index (χ0n) is 23.5. The Morgan fingerprint density at radius 3 is 2.00 bits per heavy atom. The highest BCUT2D eigenvalue weighted by Crippen LogP contribution is 2.47. The van der Waals surface area contributed by atoms with Crippen LogP contribution in [-0.2, 0) is 10.2 Å². The lowest BCUT2D eigenvalue weighted by atomic mass is 9.64. The minimum absolute atomic E-state index is 0.00274. The predicted octanol–water partition coefficient (Wildman–Crippen LogP) is 2.97. The van der Waals surface area contributed by atoms with Gasteiger partial charge in [-0.3, -0.25) is 14.3 Å². The maximum Gasteiger partial charge on any atom is 0.330 e. The highest BCUT2D eigenvalue weighted by atomic mass is 16.5. The topological polar surface area (TPSA) is 123 Å². The third kappa shape index (κ3) is 5.12. The van der Waals surface area contributed by atoms with Crippen LogP contribution in [0, 0.1) is 11.8 Å². The third-order valence-corrected chi connectivity index (χ3v) is 7.75. The lowest BCUT2D eigenvalue weighted by Gasteiger charge is -2.43. The molecule has 0 aliphatic carbocycles. The van der Waals surface area contributed by atoms with Gasteiger partial charge in [-0.25, -0.2) is 4.79 Å². The molecule has 1 aliphatic heterocycles. The van der Waals surface area contributed by atoms with Crippen molar-refractivity contribution in [2.75, 3.05) is 14.2 Å². The van der Waals surface area contributed by atoms with Crippen molar-refractivity contribution in [3.63, 3.8) is 0 Å². The van der Waals surface area contributed by atoms with E-state index in [1.54, 1.807) is 21.1 Å². The summed E-state index contributed by atoms with van der Waals surface area (Å²) in [6.07, 6.45) is -3.25. The average Bonchev–Trinajstić information content (AvgIpc) is 3.41. The van der Waals surface area contributed by atoms with E-state index in [1.165, 1.54) is 10.8 Å². The van der Waals surface area contributed by atoms with Crippen molar-refractivity contribution >= 4 is 0 Å². The van der Waals surface area contributed by atoms with Gasteiger partial charge < -0.3 is 24.4 Å². The number of aliphatic hydroxyl groups excluding tert-OH is 2. The smallest absolute Gasteiger partial charge is 0.330 e. The van der Waals surface area contributed by atoms with E-state index in [2.05, 4.69) is 16.8 Å². The van der Waals surface area contributed by atoms with Gasteiger partial charge in [-0.1, -0.05) is 60.5 Å². The first-order valence-corrected chi connectivity index (χ1v) is 13.5. The molecule has 2 heterocycles. The summed E-state index contributed by atoms with van der Waals surface area (Å²) in [5, 5.41) is 23.8. The second kappa shape index (κ2) is 12.1. The van der Waals surface area contributed by atoms with Crippen molar-refractivity contribution in [2.24, 2.45) is 0 Å². The van der Waals surface area contributed by atoms with E-state index in [4.69, 9.17) is 14.2 Å². The van der Waals surface area contributed by atoms with Crippen molar-refractivity contribution in [3.05, 3.63) is 128 Å². The molecule has 4 aromatic rings. The highest BCUT2D eigenvalue weighted by molar-refractivity contribution is 5.54. The van der Waals surface area contributed by atoms with E-state index in [0.29, 0.717) is 11.5 Å². The molecule has 5 rings (SSSR count). The van der Waals surface area contributed by atoms with Crippen LogP contribution in [-0.4, -0.2) is 52.3 Å². The Kier molecular flexibility index (Phi) is 8.31. The molecule has 0 bridgehead atoms. The number of nitrogens with zero attached hydrogens (tertiary/aromatic N) is 1. The van der Waals surface area contributed by atoms with Crippen LogP contribution in [0.5, 0.6) is 11.5 Å². The van der Waals surface area contributed by atoms with Gasteiger partial charge in [-0.15, -0.1) is 5.92 Å². The third-order valence-electron chi connectivity index (χ3n) is 7.75. The molecule has 4 atom stereocenters. The Labute approximate surface area is 243 Å². The molecule has 0 radical (unpaired) electrons. The van der Waals surface area contributed by atoms with Gasteiger partial charge in [0.25, 0.3) is 5.56 Å². The van der Waals surface area contributed by atoms with Gasteiger partial charge in [-0.2, -0.15) is 0 Å². The van der Waals surface area contributed by atoms with Crippen LogP contribution in [0.2, 0.25) is 0 Å². The number of aromatic nitrogens is 2. The number of rotatable bonds is 8. The number of nitrogens with one attached hydrogen (secondary N) is 1. The quantitative estimate of drug-likeness (QED) is 0.221. The first kappa shape index (κ1) is 28.9. The molecule has 0 spiro atoms. The lowest BCUT2D eigenvalue weighted by Crippen LogP contribution is -2.51. The SMILES string of the molecule is CC#Cc1cn([C@H]2C[C@H](O)[C@@H](C(O)C(c3ccccc3)(c3ccc(OC)cc3)c3ccc(OC)cc3)O2)c(=O)[nH]c1=O. The number of hydrogen-bond donors (Lipinski definition) is 3. The number of benzene rings is 3. The van der Waals surface area contributed by atoms with Crippen LogP contribution in [0.15, 0.2) is 94.6 Å². The van der Waals surface area contributed by atoms with E-state index in [1.807, 2.05) is 78.9 Å². The van der Waals surface area contributed by atoms with Crippen LogP contribution in [0.1, 0.15) is 41.8 Å². The van der Waals surface area contributed by atoms with Crippen molar-refractivity contribution in [3.8, 4) is 23.3 Å². The Bertz CT molecular complexity index is 1650. The molecule has 42 heavy (non-hydrogen) atoms. The van der Waals surface area contributed by atoms with Crippen molar-refractivity contribution in [2.45, 2.75) is 43.3 Å². The summed E-state index contributed by atoms with van der Waals surface area (Å²) in [4.78, 5) is 27.2. The lowest BCUT2D eigenvalue weighted by molar-refractivity contribution is -0.0976. The van der Waals surface area contributed by atoms with Crippen LogP contribution < -0.4 is 20.7 Å². The van der Waals surface area contributed by atoms with E-state index < -0.39 is 41.2 Å². The largest absolute Gasteiger partial charge is 0.497 e. The molecular formula is C33H32N2O7. The molecule has 0 amide bonds. The van der Waals surface area contributed by atoms with Gasteiger partial charge >= 0.3 is 5.69 Å². The minimum Gasteiger partial charge on any atom is -0.497 e. The number of hydrogen-bond acceptors (Lipinski definition) is 7. The van der Waals surface area contributed by atoms with E-state index >= 15 is 0 Å². The van der Waals surface area contributed by atoms with Crippen LogP contribution in [0.3, 0.4) is 0 Å². The zero-order valence-corrected chi connectivity index (χ0v) is 23.5. The molecule has 1 aliphatic rings. The second-order valence-corrected chi connectivity index (χ2v) is 10.0. The monoisotopic (exact) mass is 568 g/mol. The average molecular weight is 569 g/mol. The summed E-state index contributed by atoms with van der Waals surface area (Å²) in [6, 6.07) is 24.2. The summed E-state index contributed by atoms with van der Waals surface area (Å²) in [6.45, 7) is 1.58. The summed E-state index contributed by atoms with van der Waals surface area (Å²) < 4.78 is 18.3. The van der Waals surface area contributed by atoms with Crippen LogP contribution in [0.4, 0.5) is 0 Å². The fraction of sp³-hybridized carbons (Fsp3) is 0.273. The number of aromatic amines is 1. The first-order chi connectivity index (χ1) is 20.3. The first-order valence-electron chi connectivity index (χ1n) is 13.5. The Hall–Kier alpha value is -4.62. The highest BCUT2D eigenvalue weighted by Gasteiger charge is 2.52. The van der Waals surface area contributed by atoms with E-state index in [0.717, 1.165) is 16.7 Å². The predicted molar refractivity (Wildman–Crippen MR) is 157 cm³/mol. The number of aliphatic hydroxyl groups is 2. The summed E-state index contributed by atoms with van der Waals surface area (Å²) in [5.74, 6) is 6.62. The maximum absolute atomic E-state index is 12.8. The standard InChI is InChI=1S/C33H32N2O7/c1-4-8-21-20-35(32(39)34-31(21)38)28-19-27(36)29(42-28)30(37)33(22-9-6-5-7-10-22,23-11-15-25(40-2)16-12-23)24-13-17-26(41-3)18-14-24/h5-7,9-18,20,27-30,36-37H,19H2,1-3H3,(H,34,38,39)/t27-,28+,29-,30?/m0/s1. The van der Waals surface area contributed by atoms with Gasteiger partial charge in [0.2, 0.25) is 0 Å². The molecule has 1 aromatic heterocycles. The Morgan fingerprint density at radius 2 is 1.48 bits per heavy atom. The Balaban J connectivity index is 1.67. The summed E-state index contributed by atoms with van der Waals surface area (Å²) in [7, 11) is 3.16. The molecule has 9 nitrogen and oxygen atoms in total. The van der Waals surface area contributed by atoms with Crippen LogP contribution >= 0.6 is 0 Å². The second-order valence-electron chi connectivity index (χ2n) is 10.0. The van der Waals surface area contributed by atoms with Gasteiger partial charge in [-0.05, 0) is 47.9 Å². The molecular weight excluding hydrogens is 536 g/mol. The summed E-state index contributed by atoms with van der Waals surface area (Å²) in [5.41, 5.74) is -0.226. The number of ether oxygens (including phenoxy) is 3. The maximum atomic E-state index is 12.8. The number of methoxy groups -OCH3 is 2. The minimum atomic E-state index is -1.34. The summed E-state index contributed by atoms with van der Waals surface area (Å²) >= 11 is 0. The molecule has 1 saturated heterocycles. The fourth-order valence-corrected chi connectivity index (χ4v) is 5.72. The number of H-pyrrole nitrogens is 1. The molecule has 1 unspecified atom stereocenters. The van der Waals surface area contributed by atoms with Crippen molar-refractivity contribution in [1.29, 1.82) is 0 Å². The Morgan fingerprint density at radius 1 is 0.929 bits per heavy atom. The normalized spacial score (nSPS) is 19.0. The van der Waals surface area contributed by atoms with E-state index in [-0.39, 0.29) is 12.0 Å². The van der Waals surface area contributed by atoms with Crippen LogP contribution in [0.25, 0.3) is 0 Å². The van der Waals surface area contributed by atoms with Crippen molar-refractivity contribution in [1.82, 2.24) is 9.55 Å². The molecule has 0 saturated carbocycles. The van der Waals surface area contributed by atoms with Crippen molar-refractivity contribution < 1.29 is 24.4 Å². The van der Waals surface area contributed by atoms with Gasteiger partial charge in [0, 0.05) is 12.6 Å². The molecule has 3 N–H and O–H groups in total. The van der Waals surface area contributed by atoms with Gasteiger partial charge in [0.1, 0.15) is 35.5 Å². The van der Waals surface area contributed by atoms with Gasteiger partial charge in [0.15, 0.2) is 0 Å². The molecule has 1 fully saturated rings. The molecule has 216 valence electrons. The molecule has 9 heteroatoms. The van der Waals surface area contributed by atoms with E-state index in [9.17, 15) is 19.8 Å².